The van der Waals surface area contributed by atoms with Gasteiger partial charge in [-0.3, -0.25) is 0 Å². The Morgan fingerprint density at radius 1 is 0.880 bits per heavy atom. The Bertz CT molecular complexity index is 644. The summed E-state index contributed by atoms with van der Waals surface area (Å²) in [6, 6.07) is 22.3. The molecule has 25 heavy (non-hydrogen) atoms. The standard InChI is InChI=1S/C24H31N/c1-3-9-21(10-4-1)14-15-22-11-7-18-25(19-22)20-24(16-8-17-24)23-12-5-2-6-13-23/h1-6,9-10,12-13,22H,7-8,11,14-20H2. The molecule has 2 fully saturated rings. The van der Waals surface area contributed by atoms with Crippen LogP contribution in [0, 0.1) is 5.92 Å². The van der Waals surface area contributed by atoms with E-state index in [1.54, 1.807) is 5.56 Å². The molecule has 1 heteroatoms. The average Bonchev–Trinajstić information content (AvgIpc) is 2.65. The molecule has 1 atom stereocenters. The number of nitrogens with zero attached hydrogens (tertiary/aromatic N) is 1. The van der Waals surface area contributed by atoms with E-state index in [-0.39, 0.29) is 0 Å². The molecule has 1 saturated carbocycles. The maximum Gasteiger partial charge on any atom is 0.00803 e. The lowest BCUT2D eigenvalue weighted by Gasteiger charge is -2.47. The maximum absolute atomic E-state index is 2.78. The topological polar surface area (TPSA) is 3.24 Å². The molecule has 1 unspecified atom stereocenters. The number of rotatable bonds is 6. The molecule has 0 N–H and O–H groups in total. The van der Waals surface area contributed by atoms with E-state index in [0.29, 0.717) is 5.41 Å². The van der Waals surface area contributed by atoms with E-state index in [9.17, 15) is 0 Å². The van der Waals surface area contributed by atoms with Crippen molar-refractivity contribution >= 4 is 0 Å². The highest BCUT2D eigenvalue weighted by atomic mass is 15.1. The van der Waals surface area contributed by atoms with Crippen molar-refractivity contribution in [3.05, 3.63) is 71.8 Å². The number of hydrogen-bond donors (Lipinski definition) is 0. The minimum Gasteiger partial charge on any atom is -0.302 e. The Morgan fingerprint density at radius 2 is 1.60 bits per heavy atom. The zero-order chi connectivity index (χ0) is 17.0. The van der Waals surface area contributed by atoms with E-state index in [1.807, 2.05) is 0 Å². The lowest BCUT2D eigenvalue weighted by Crippen LogP contribution is -2.48. The Labute approximate surface area is 153 Å². The van der Waals surface area contributed by atoms with Gasteiger partial charge in [0.05, 0.1) is 0 Å². The largest absolute Gasteiger partial charge is 0.302 e. The second-order valence-corrected chi connectivity index (χ2v) is 8.27. The molecule has 1 aliphatic heterocycles. The fourth-order valence-electron chi connectivity index (χ4n) is 4.91. The van der Waals surface area contributed by atoms with Gasteiger partial charge < -0.3 is 4.90 Å². The molecule has 132 valence electrons. The summed E-state index contributed by atoms with van der Waals surface area (Å²) >= 11 is 0. The summed E-state index contributed by atoms with van der Waals surface area (Å²) in [7, 11) is 0. The first-order valence-corrected chi connectivity index (χ1v) is 10.2. The van der Waals surface area contributed by atoms with E-state index in [2.05, 4.69) is 65.6 Å². The molecule has 4 rings (SSSR count). The zero-order valence-corrected chi connectivity index (χ0v) is 15.4. The fourth-order valence-corrected chi connectivity index (χ4v) is 4.91. The van der Waals surface area contributed by atoms with Crippen molar-refractivity contribution in [1.29, 1.82) is 0 Å². The van der Waals surface area contributed by atoms with Crippen molar-refractivity contribution in [2.24, 2.45) is 5.92 Å². The van der Waals surface area contributed by atoms with Crippen LogP contribution in [-0.2, 0) is 11.8 Å². The van der Waals surface area contributed by atoms with Crippen LogP contribution in [0.5, 0.6) is 0 Å². The highest BCUT2D eigenvalue weighted by molar-refractivity contribution is 5.28. The number of benzene rings is 2. The minimum atomic E-state index is 0.447. The molecule has 0 spiro atoms. The lowest BCUT2D eigenvalue weighted by atomic mass is 9.64. The van der Waals surface area contributed by atoms with Gasteiger partial charge in [0.2, 0.25) is 0 Å². The van der Waals surface area contributed by atoms with Crippen molar-refractivity contribution in [1.82, 2.24) is 4.90 Å². The molecule has 0 radical (unpaired) electrons. The Kier molecular flexibility index (Phi) is 5.22. The number of likely N-dealkylation sites (tertiary alicyclic amines) is 1. The molecule has 0 bridgehead atoms. The molecule has 1 nitrogen and oxygen atoms in total. The van der Waals surface area contributed by atoms with Crippen molar-refractivity contribution in [3.8, 4) is 0 Å². The monoisotopic (exact) mass is 333 g/mol. The van der Waals surface area contributed by atoms with E-state index >= 15 is 0 Å². The van der Waals surface area contributed by atoms with Crippen molar-refractivity contribution < 1.29 is 0 Å². The molecule has 1 saturated heterocycles. The summed E-state index contributed by atoms with van der Waals surface area (Å²) in [5.41, 5.74) is 3.52. The molecule has 2 aromatic rings. The molecule has 2 aliphatic rings. The van der Waals surface area contributed by atoms with Gasteiger partial charge in [0, 0.05) is 18.5 Å². The zero-order valence-electron chi connectivity index (χ0n) is 15.4. The second kappa shape index (κ2) is 7.74. The van der Waals surface area contributed by atoms with Crippen LogP contribution in [0.3, 0.4) is 0 Å². The van der Waals surface area contributed by atoms with Crippen LogP contribution in [0.2, 0.25) is 0 Å². The first kappa shape index (κ1) is 16.8. The predicted octanol–water partition coefficient (Wildman–Crippen LogP) is 5.45. The molecule has 1 aliphatic carbocycles. The van der Waals surface area contributed by atoms with Gasteiger partial charge in [0.15, 0.2) is 0 Å². The molecule has 0 amide bonds. The summed E-state index contributed by atoms with van der Waals surface area (Å²) in [6.07, 6.45) is 9.54. The molecule has 1 heterocycles. The summed E-state index contributed by atoms with van der Waals surface area (Å²) in [6.45, 7) is 3.89. The van der Waals surface area contributed by atoms with Crippen molar-refractivity contribution in [3.63, 3.8) is 0 Å². The SMILES string of the molecule is c1ccc(CCC2CCCN(CC3(c4ccccc4)CCC3)C2)cc1. The van der Waals surface area contributed by atoms with Gasteiger partial charge in [0.25, 0.3) is 0 Å². The van der Waals surface area contributed by atoms with E-state index in [4.69, 9.17) is 0 Å². The van der Waals surface area contributed by atoms with Gasteiger partial charge in [-0.05, 0) is 62.1 Å². The lowest BCUT2D eigenvalue weighted by molar-refractivity contribution is 0.0968. The first-order valence-electron chi connectivity index (χ1n) is 10.2. The van der Waals surface area contributed by atoms with Gasteiger partial charge in [0.1, 0.15) is 0 Å². The third kappa shape index (κ3) is 3.98. The predicted molar refractivity (Wildman–Crippen MR) is 106 cm³/mol. The highest BCUT2D eigenvalue weighted by Crippen LogP contribution is 2.44. The highest BCUT2D eigenvalue weighted by Gasteiger charge is 2.40. The molecule has 2 aromatic carbocycles. The van der Waals surface area contributed by atoms with Crippen molar-refractivity contribution in [2.45, 2.75) is 50.4 Å². The third-order valence-corrected chi connectivity index (χ3v) is 6.51. The van der Waals surface area contributed by atoms with Crippen LogP contribution in [0.4, 0.5) is 0 Å². The number of aryl methyl sites for hydroxylation is 1. The summed E-state index contributed by atoms with van der Waals surface area (Å²) in [4.78, 5) is 2.78. The Hall–Kier alpha value is -1.60. The van der Waals surface area contributed by atoms with E-state index < -0.39 is 0 Å². The number of piperidine rings is 1. The maximum atomic E-state index is 2.78. The third-order valence-electron chi connectivity index (χ3n) is 6.51. The van der Waals surface area contributed by atoms with Crippen molar-refractivity contribution in [2.75, 3.05) is 19.6 Å². The Morgan fingerprint density at radius 3 is 2.28 bits per heavy atom. The van der Waals surface area contributed by atoms with Crippen LogP contribution in [0.25, 0.3) is 0 Å². The van der Waals surface area contributed by atoms with Gasteiger partial charge in [-0.15, -0.1) is 0 Å². The second-order valence-electron chi connectivity index (χ2n) is 8.27. The fraction of sp³-hybridized carbons (Fsp3) is 0.500. The van der Waals surface area contributed by atoms with Crippen LogP contribution in [0.15, 0.2) is 60.7 Å². The van der Waals surface area contributed by atoms with Gasteiger partial charge in [-0.25, -0.2) is 0 Å². The van der Waals surface area contributed by atoms with Crippen LogP contribution in [-0.4, -0.2) is 24.5 Å². The quantitative estimate of drug-likeness (QED) is 0.679. The normalized spacial score (nSPS) is 23.1. The van der Waals surface area contributed by atoms with E-state index in [0.717, 1.165) is 5.92 Å². The summed E-state index contributed by atoms with van der Waals surface area (Å²) in [5, 5.41) is 0. The molecular formula is C24H31N. The molecular weight excluding hydrogens is 302 g/mol. The minimum absolute atomic E-state index is 0.447. The number of hydrogen-bond acceptors (Lipinski definition) is 1. The summed E-state index contributed by atoms with van der Waals surface area (Å²) in [5.74, 6) is 0.877. The summed E-state index contributed by atoms with van der Waals surface area (Å²) < 4.78 is 0. The van der Waals surface area contributed by atoms with Gasteiger partial charge in [-0.2, -0.15) is 0 Å². The Balaban J connectivity index is 1.35. The van der Waals surface area contributed by atoms with E-state index in [1.165, 1.54) is 70.1 Å². The average molecular weight is 334 g/mol. The molecule has 0 aromatic heterocycles. The van der Waals surface area contributed by atoms with Gasteiger partial charge in [-0.1, -0.05) is 67.1 Å². The van der Waals surface area contributed by atoms with Crippen LogP contribution in [0.1, 0.15) is 49.7 Å². The van der Waals surface area contributed by atoms with Gasteiger partial charge >= 0.3 is 0 Å². The van der Waals surface area contributed by atoms with Crippen LogP contribution < -0.4 is 0 Å². The smallest absolute Gasteiger partial charge is 0.00803 e. The van der Waals surface area contributed by atoms with Crippen LogP contribution >= 0.6 is 0 Å². The first-order chi connectivity index (χ1) is 12.3.